The summed E-state index contributed by atoms with van der Waals surface area (Å²) in [4.78, 5) is 0. The van der Waals surface area contributed by atoms with Crippen molar-refractivity contribution in [2.45, 2.75) is 56.2 Å². The monoisotopic (exact) mass is 271 g/mol. The second-order valence-corrected chi connectivity index (χ2v) is 8.15. The third-order valence-electron chi connectivity index (χ3n) is 4.00. The van der Waals surface area contributed by atoms with Gasteiger partial charge in [-0.2, -0.15) is 0 Å². The van der Waals surface area contributed by atoms with Crippen molar-refractivity contribution in [1.29, 1.82) is 0 Å². The zero-order chi connectivity index (χ0) is 13.0. The predicted octanol–water partition coefficient (Wildman–Crippen LogP) is 2.29. The lowest BCUT2D eigenvalue weighted by molar-refractivity contribution is 0.414. The van der Waals surface area contributed by atoms with E-state index in [2.05, 4.69) is 17.5 Å². The summed E-state index contributed by atoms with van der Waals surface area (Å²) in [5.41, 5.74) is 0. The summed E-state index contributed by atoms with van der Waals surface area (Å²) in [6.07, 6.45) is 13.5. The molecule has 0 bridgehead atoms. The zero-order valence-electron chi connectivity index (χ0n) is 11.3. The lowest BCUT2D eigenvalue weighted by Gasteiger charge is -2.25. The van der Waals surface area contributed by atoms with Gasteiger partial charge in [0.05, 0.1) is 5.25 Å². The van der Waals surface area contributed by atoms with Gasteiger partial charge in [0.2, 0.25) is 0 Å². The van der Waals surface area contributed by atoms with Gasteiger partial charge in [-0.05, 0) is 51.0 Å². The van der Waals surface area contributed by atoms with Crippen LogP contribution in [0.3, 0.4) is 0 Å². The Bertz CT molecular complexity index is 385. The SMILES string of the molecule is CS(=O)(=O)C1CCCC(/C=C/CCNC2CC2)C1. The predicted molar refractivity (Wildman–Crippen MR) is 75.4 cm³/mol. The summed E-state index contributed by atoms with van der Waals surface area (Å²) in [6, 6.07) is 0.780. The molecule has 2 unspecified atom stereocenters. The van der Waals surface area contributed by atoms with Gasteiger partial charge in [0.1, 0.15) is 9.84 Å². The quantitative estimate of drug-likeness (QED) is 0.595. The third kappa shape index (κ3) is 4.73. The van der Waals surface area contributed by atoms with Gasteiger partial charge in [0, 0.05) is 12.3 Å². The number of hydrogen-bond acceptors (Lipinski definition) is 3. The van der Waals surface area contributed by atoms with Crippen molar-refractivity contribution >= 4 is 9.84 Å². The molecule has 2 saturated carbocycles. The summed E-state index contributed by atoms with van der Waals surface area (Å²) in [6.45, 7) is 1.06. The minimum atomic E-state index is -2.84. The van der Waals surface area contributed by atoms with Crippen molar-refractivity contribution < 1.29 is 8.42 Å². The minimum absolute atomic E-state index is 0.106. The Morgan fingerprint density at radius 2 is 2.00 bits per heavy atom. The van der Waals surface area contributed by atoms with Gasteiger partial charge in [0.25, 0.3) is 0 Å². The van der Waals surface area contributed by atoms with E-state index in [0.29, 0.717) is 5.92 Å². The fourth-order valence-corrected chi connectivity index (χ4v) is 3.88. The Labute approximate surface area is 111 Å². The maximum absolute atomic E-state index is 11.6. The van der Waals surface area contributed by atoms with E-state index in [1.54, 1.807) is 0 Å². The highest BCUT2D eigenvalue weighted by Crippen LogP contribution is 2.29. The smallest absolute Gasteiger partial charge is 0.150 e. The van der Waals surface area contributed by atoms with Crippen LogP contribution in [-0.4, -0.2) is 32.5 Å². The van der Waals surface area contributed by atoms with Crippen molar-refractivity contribution in [3.63, 3.8) is 0 Å². The normalized spacial score (nSPS) is 29.8. The first kappa shape index (κ1) is 14.1. The second kappa shape index (κ2) is 6.20. The van der Waals surface area contributed by atoms with E-state index in [0.717, 1.165) is 44.7 Å². The lowest BCUT2D eigenvalue weighted by Crippen LogP contribution is -2.26. The van der Waals surface area contributed by atoms with Crippen molar-refractivity contribution in [1.82, 2.24) is 5.32 Å². The molecule has 0 heterocycles. The van der Waals surface area contributed by atoms with Gasteiger partial charge in [-0.25, -0.2) is 8.42 Å². The number of sulfone groups is 1. The topological polar surface area (TPSA) is 46.2 Å². The first-order valence-electron chi connectivity index (χ1n) is 7.14. The van der Waals surface area contributed by atoms with E-state index in [1.807, 2.05) is 0 Å². The van der Waals surface area contributed by atoms with Crippen LogP contribution >= 0.6 is 0 Å². The van der Waals surface area contributed by atoms with E-state index >= 15 is 0 Å². The summed E-state index contributed by atoms with van der Waals surface area (Å²) in [7, 11) is -2.84. The van der Waals surface area contributed by atoms with Crippen molar-refractivity contribution in [3.05, 3.63) is 12.2 Å². The van der Waals surface area contributed by atoms with Crippen LogP contribution in [-0.2, 0) is 9.84 Å². The Kier molecular flexibility index (Phi) is 4.84. The standard InChI is InChI=1S/C14H25NO2S/c1-18(16,17)14-7-4-6-12(11-14)5-2-3-10-15-13-8-9-13/h2,5,12-15H,3-4,6-11H2,1H3/b5-2+. The molecule has 0 aromatic heterocycles. The highest BCUT2D eigenvalue weighted by molar-refractivity contribution is 7.91. The van der Waals surface area contributed by atoms with Gasteiger partial charge >= 0.3 is 0 Å². The molecule has 0 aromatic carbocycles. The molecule has 0 radical (unpaired) electrons. The third-order valence-corrected chi connectivity index (χ3v) is 5.64. The number of allylic oxidation sites excluding steroid dienone is 1. The zero-order valence-corrected chi connectivity index (χ0v) is 12.1. The van der Waals surface area contributed by atoms with E-state index in [4.69, 9.17) is 0 Å². The van der Waals surface area contributed by atoms with Gasteiger partial charge in [-0.1, -0.05) is 18.6 Å². The Hall–Kier alpha value is -0.350. The molecule has 4 heteroatoms. The molecular formula is C14H25NO2S. The first-order valence-corrected chi connectivity index (χ1v) is 9.10. The molecule has 1 N–H and O–H groups in total. The summed E-state index contributed by atoms with van der Waals surface area (Å²) in [5, 5.41) is 3.37. The van der Waals surface area contributed by atoms with Crippen LogP contribution in [0, 0.1) is 5.92 Å². The fourth-order valence-electron chi connectivity index (χ4n) is 2.69. The minimum Gasteiger partial charge on any atom is -0.314 e. The van der Waals surface area contributed by atoms with E-state index in [1.165, 1.54) is 19.1 Å². The van der Waals surface area contributed by atoms with Crippen LogP contribution in [0.5, 0.6) is 0 Å². The van der Waals surface area contributed by atoms with Crippen LogP contribution in [0.15, 0.2) is 12.2 Å². The molecule has 3 nitrogen and oxygen atoms in total. The largest absolute Gasteiger partial charge is 0.314 e. The van der Waals surface area contributed by atoms with Crippen LogP contribution in [0.2, 0.25) is 0 Å². The molecule has 2 aliphatic carbocycles. The lowest BCUT2D eigenvalue weighted by atomic mass is 9.88. The molecule has 0 saturated heterocycles. The summed E-state index contributed by atoms with van der Waals surface area (Å²) >= 11 is 0. The van der Waals surface area contributed by atoms with Gasteiger partial charge < -0.3 is 5.32 Å². The van der Waals surface area contributed by atoms with E-state index < -0.39 is 9.84 Å². The summed E-state index contributed by atoms with van der Waals surface area (Å²) < 4.78 is 23.1. The molecule has 0 amide bonds. The molecule has 18 heavy (non-hydrogen) atoms. The average molecular weight is 271 g/mol. The van der Waals surface area contributed by atoms with Crippen LogP contribution < -0.4 is 5.32 Å². The Balaban J connectivity index is 1.69. The van der Waals surface area contributed by atoms with Gasteiger partial charge in [0.15, 0.2) is 0 Å². The highest BCUT2D eigenvalue weighted by Gasteiger charge is 2.27. The molecule has 104 valence electrons. The molecule has 2 rings (SSSR count). The van der Waals surface area contributed by atoms with E-state index in [-0.39, 0.29) is 5.25 Å². The average Bonchev–Trinajstić information content (AvgIpc) is 3.12. The van der Waals surface area contributed by atoms with Crippen LogP contribution in [0.4, 0.5) is 0 Å². The van der Waals surface area contributed by atoms with Crippen molar-refractivity contribution in [3.8, 4) is 0 Å². The van der Waals surface area contributed by atoms with Crippen molar-refractivity contribution in [2.24, 2.45) is 5.92 Å². The molecule has 2 fully saturated rings. The molecule has 0 aromatic rings. The first-order chi connectivity index (χ1) is 8.55. The number of rotatable bonds is 6. The highest BCUT2D eigenvalue weighted by atomic mass is 32.2. The van der Waals surface area contributed by atoms with Crippen molar-refractivity contribution in [2.75, 3.05) is 12.8 Å². The number of nitrogens with one attached hydrogen (secondary N) is 1. The summed E-state index contributed by atoms with van der Waals surface area (Å²) in [5.74, 6) is 0.472. The Morgan fingerprint density at radius 1 is 1.22 bits per heavy atom. The van der Waals surface area contributed by atoms with Crippen LogP contribution in [0.1, 0.15) is 44.9 Å². The molecule has 2 aliphatic rings. The Morgan fingerprint density at radius 3 is 2.67 bits per heavy atom. The van der Waals surface area contributed by atoms with Gasteiger partial charge in [-0.15, -0.1) is 0 Å². The maximum Gasteiger partial charge on any atom is 0.150 e. The van der Waals surface area contributed by atoms with Gasteiger partial charge in [-0.3, -0.25) is 0 Å². The molecular weight excluding hydrogens is 246 g/mol. The maximum atomic E-state index is 11.6. The molecule has 2 atom stereocenters. The molecule has 0 aliphatic heterocycles. The number of hydrogen-bond donors (Lipinski definition) is 1. The second-order valence-electron chi connectivity index (χ2n) is 5.82. The van der Waals surface area contributed by atoms with E-state index in [9.17, 15) is 8.42 Å². The fraction of sp³-hybridized carbons (Fsp3) is 0.857. The molecule has 0 spiro atoms. The van der Waals surface area contributed by atoms with Crippen LogP contribution in [0.25, 0.3) is 0 Å².